The number of rotatable bonds is 10. The van der Waals surface area contributed by atoms with Crippen LogP contribution in [0.1, 0.15) is 29.7 Å². The first kappa shape index (κ1) is 31.7. The maximum Gasteiger partial charge on any atom is 0.285 e. The average Bonchev–Trinajstić information content (AvgIpc) is 3.03. The molecule has 218 valence electrons. The number of carbonyl (C=O) groups is 3. The van der Waals surface area contributed by atoms with Gasteiger partial charge < -0.3 is 10.1 Å². The van der Waals surface area contributed by atoms with Crippen molar-refractivity contribution >= 4 is 63.3 Å². The predicted octanol–water partition coefficient (Wildman–Crippen LogP) is 6.69. The number of ether oxygens (including phenoxy) is 1. The summed E-state index contributed by atoms with van der Waals surface area (Å²) in [5, 5.41) is 3.21. The topological polar surface area (TPSA) is 88.1 Å². The predicted molar refractivity (Wildman–Crippen MR) is 181 cm³/mol. The van der Waals surface area contributed by atoms with Crippen molar-refractivity contribution in [3.8, 4) is 5.75 Å². The van der Waals surface area contributed by atoms with Gasteiger partial charge in [0.05, 0.1) is 22.5 Å². The fraction of sp³-hybridized carbons (Fsp3) is 0.118. The van der Waals surface area contributed by atoms with Gasteiger partial charge in [-0.25, -0.2) is 0 Å². The van der Waals surface area contributed by atoms with Crippen LogP contribution in [0.4, 0.5) is 0 Å². The highest BCUT2D eigenvalue weighted by Crippen LogP contribution is 2.28. The standard InChI is InChI=1S/C34H30IN3O4S/c1-4-6-17-26(5-2)38-33(41)27(20-23-18-19-29(42-3)28(35)21-23)32(40)37-34(38)43-22-30(39)36-31(24-13-9-7-10-14-24)25-15-11-8-12-16-25/h4-21,31H,1,22H2,2-3H3,(H,36,39)/b17-6-,26-5+,27-20+. The lowest BCUT2D eigenvalue weighted by atomic mass is 9.99. The van der Waals surface area contributed by atoms with Gasteiger partial charge in [0.15, 0.2) is 5.17 Å². The van der Waals surface area contributed by atoms with Crippen LogP contribution in [0, 0.1) is 3.57 Å². The Hall–Kier alpha value is -4.22. The Kier molecular flexibility index (Phi) is 11.3. The van der Waals surface area contributed by atoms with E-state index in [0.29, 0.717) is 17.0 Å². The maximum absolute atomic E-state index is 13.8. The Bertz CT molecular complexity index is 1590. The third-order valence-electron chi connectivity index (χ3n) is 6.40. The van der Waals surface area contributed by atoms with Gasteiger partial charge in [-0.15, -0.1) is 0 Å². The number of carbonyl (C=O) groups excluding carboxylic acids is 3. The van der Waals surface area contributed by atoms with Crippen LogP contribution < -0.4 is 10.1 Å². The van der Waals surface area contributed by atoms with Crippen LogP contribution in [0.5, 0.6) is 5.75 Å². The van der Waals surface area contributed by atoms with Gasteiger partial charge in [0.25, 0.3) is 11.8 Å². The summed E-state index contributed by atoms with van der Waals surface area (Å²) in [5.41, 5.74) is 2.93. The summed E-state index contributed by atoms with van der Waals surface area (Å²) in [6.07, 6.45) is 8.23. The molecule has 3 aromatic rings. The molecule has 9 heteroatoms. The Morgan fingerprint density at radius 1 is 1.07 bits per heavy atom. The quantitative estimate of drug-likeness (QED) is 0.110. The lowest BCUT2D eigenvalue weighted by Crippen LogP contribution is -2.42. The van der Waals surface area contributed by atoms with E-state index >= 15 is 0 Å². The van der Waals surface area contributed by atoms with Crippen LogP contribution in [-0.4, -0.2) is 40.7 Å². The second-order valence-corrected chi connectivity index (χ2v) is 11.3. The second-order valence-electron chi connectivity index (χ2n) is 9.21. The van der Waals surface area contributed by atoms with Crippen LogP contribution in [0.25, 0.3) is 6.08 Å². The highest BCUT2D eigenvalue weighted by atomic mass is 127. The zero-order chi connectivity index (χ0) is 30.8. The minimum absolute atomic E-state index is 0.0655. The summed E-state index contributed by atoms with van der Waals surface area (Å²) in [7, 11) is 1.58. The van der Waals surface area contributed by atoms with Crippen molar-refractivity contribution in [3.05, 3.63) is 141 Å². The van der Waals surface area contributed by atoms with Crippen LogP contribution in [-0.2, 0) is 14.4 Å². The van der Waals surface area contributed by atoms with Gasteiger partial charge >= 0.3 is 0 Å². The summed E-state index contributed by atoms with van der Waals surface area (Å²) in [4.78, 5) is 45.9. The number of amides is 3. The maximum atomic E-state index is 13.8. The highest BCUT2D eigenvalue weighted by Gasteiger charge is 2.35. The number of hydrogen-bond acceptors (Lipinski definition) is 5. The van der Waals surface area contributed by atoms with Crippen LogP contribution in [0.15, 0.2) is 126 Å². The smallest absolute Gasteiger partial charge is 0.285 e. The number of nitrogens with one attached hydrogen (secondary N) is 1. The molecule has 0 spiro atoms. The van der Waals surface area contributed by atoms with E-state index in [9.17, 15) is 14.4 Å². The average molecular weight is 704 g/mol. The van der Waals surface area contributed by atoms with Gasteiger partial charge in [0, 0.05) is 5.70 Å². The van der Waals surface area contributed by atoms with Crippen LogP contribution >= 0.6 is 34.4 Å². The molecule has 0 aromatic heterocycles. The molecule has 0 bridgehead atoms. The zero-order valence-corrected chi connectivity index (χ0v) is 26.7. The second kappa shape index (κ2) is 15.3. The Morgan fingerprint density at radius 2 is 1.72 bits per heavy atom. The lowest BCUT2D eigenvalue weighted by molar-refractivity contribution is -0.126. The highest BCUT2D eigenvalue weighted by molar-refractivity contribution is 14.1. The van der Waals surface area contributed by atoms with Crippen molar-refractivity contribution in [2.45, 2.75) is 13.0 Å². The van der Waals surface area contributed by atoms with E-state index in [2.05, 4.69) is 39.5 Å². The fourth-order valence-corrected chi connectivity index (χ4v) is 5.90. The molecule has 3 amide bonds. The molecule has 0 fully saturated rings. The van der Waals surface area contributed by atoms with Gasteiger partial charge in [-0.3, -0.25) is 19.3 Å². The van der Waals surface area contributed by atoms with Crippen LogP contribution in [0.2, 0.25) is 0 Å². The number of hydrogen-bond donors (Lipinski definition) is 1. The third-order valence-corrected chi connectivity index (χ3v) is 8.18. The molecule has 1 N–H and O–H groups in total. The van der Waals surface area contributed by atoms with Crippen LogP contribution in [0.3, 0.4) is 0 Å². The Morgan fingerprint density at radius 3 is 2.28 bits per heavy atom. The molecule has 1 heterocycles. The van der Waals surface area contributed by atoms with E-state index in [1.54, 1.807) is 50.5 Å². The first-order valence-corrected chi connectivity index (χ1v) is 15.4. The van der Waals surface area contributed by atoms with E-state index < -0.39 is 11.8 Å². The number of thioether (sulfide) groups is 1. The number of amidine groups is 1. The molecule has 0 saturated heterocycles. The lowest BCUT2D eigenvalue weighted by Gasteiger charge is -2.28. The molecule has 0 atom stereocenters. The number of methoxy groups -OCH3 is 1. The normalized spacial score (nSPS) is 14.8. The number of benzene rings is 3. The van der Waals surface area contributed by atoms with Gasteiger partial charge in [-0.05, 0) is 70.5 Å². The van der Waals surface area contributed by atoms with E-state index in [1.165, 1.54) is 11.0 Å². The number of halogens is 1. The molecule has 0 radical (unpaired) electrons. The molecule has 7 nitrogen and oxygen atoms in total. The summed E-state index contributed by atoms with van der Waals surface area (Å²) in [6.45, 7) is 5.49. The molecule has 4 rings (SSSR count). The number of aliphatic imine (C=N–C) groups is 1. The van der Waals surface area contributed by atoms with Crippen molar-refractivity contribution in [3.63, 3.8) is 0 Å². The largest absolute Gasteiger partial charge is 0.496 e. The molecule has 1 aliphatic heterocycles. The molecule has 1 aliphatic rings. The van der Waals surface area contributed by atoms with Crippen molar-refractivity contribution in [2.24, 2.45) is 4.99 Å². The molecule has 43 heavy (non-hydrogen) atoms. The molecular weight excluding hydrogens is 673 g/mol. The van der Waals surface area contributed by atoms with Crippen molar-refractivity contribution in [1.82, 2.24) is 10.2 Å². The molecule has 0 aliphatic carbocycles. The first-order chi connectivity index (χ1) is 20.9. The molecule has 0 unspecified atom stereocenters. The first-order valence-electron chi connectivity index (χ1n) is 13.4. The minimum atomic E-state index is -0.676. The summed E-state index contributed by atoms with van der Waals surface area (Å²) in [5.74, 6) is -0.868. The van der Waals surface area contributed by atoms with E-state index in [-0.39, 0.29) is 28.4 Å². The SMILES string of the molecule is C=C/C=C\C(=C/C)N1C(=O)/C(=C/c2ccc(OC)c(I)c2)C(=O)N=C1SCC(=O)NC(c1ccccc1)c1ccccc1. The van der Waals surface area contributed by atoms with Gasteiger partial charge in [0.2, 0.25) is 5.91 Å². The molecule has 3 aromatic carbocycles. The van der Waals surface area contributed by atoms with E-state index in [4.69, 9.17) is 4.74 Å². The summed E-state index contributed by atoms with van der Waals surface area (Å²) < 4.78 is 6.15. The van der Waals surface area contributed by atoms with Crippen molar-refractivity contribution < 1.29 is 19.1 Å². The molecular formula is C34H30IN3O4S. The van der Waals surface area contributed by atoms with Gasteiger partial charge in [-0.2, -0.15) is 4.99 Å². The van der Waals surface area contributed by atoms with E-state index in [1.807, 2.05) is 66.7 Å². The Balaban J connectivity index is 1.62. The Labute approximate surface area is 269 Å². The van der Waals surface area contributed by atoms with Gasteiger partial charge in [-0.1, -0.05) is 103 Å². The summed E-state index contributed by atoms with van der Waals surface area (Å²) in [6, 6.07) is 24.3. The monoisotopic (exact) mass is 703 g/mol. The minimum Gasteiger partial charge on any atom is -0.496 e. The van der Waals surface area contributed by atoms with Crippen molar-refractivity contribution in [2.75, 3.05) is 12.9 Å². The molecule has 0 saturated carbocycles. The third kappa shape index (κ3) is 7.99. The number of allylic oxidation sites excluding steroid dienone is 4. The van der Waals surface area contributed by atoms with E-state index in [0.717, 1.165) is 26.5 Å². The summed E-state index contributed by atoms with van der Waals surface area (Å²) >= 11 is 3.15. The zero-order valence-electron chi connectivity index (χ0n) is 23.7. The fourth-order valence-electron chi connectivity index (χ4n) is 4.33. The van der Waals surface area contributed by atoms with Gasteiger partial charge in [0.1, 0.15) is 11.3 Å². The number of nitrogens with zero attached hydrogens (tertiary/aromatic N) is 2. The van der Waals surface area contributed by atoms with Crippen molar-refractivity contribution in [1.29, 1.82) is 0 Å².